The van der Waals surface area contributed by atoms with Crippen molar-refractivity contribution < 1.29 is 22.7 Å². The molecule has 4 aromatic rings. The summed E-state index contributed by atoms with van der Waals surface area (Å²) in [6.45, 7) is 1.74. The van der Waals surface area contributed by atoms with Crippen LogP contribution in [0.1, 0.15) is 44.8 Å². The molecule has 0 fully saturated rings. The number of fused-ring (bicyclic) bond motifs is 1. The Morgan fingerprint density at radius 2 is 1.97 bits per heavy atom. The Kier molecular flexibility index (Phi) is 7.04. The van der Waals surface area contributed by atoms with E-state index in [2.05, 4.69) is 11.1 Å². The molecule has 9 heteroatoms. The van der Waals surface area contributed by atoms with Crippen molar-refractivity contribution >= 4 is 40.1 Å². The van der Waals surface area contributed by atoms with Crippen molar-refractivity contribution in [1.82, 2.24) is 9.55 Å². The second-order valence-corrected chi connectivity index (χ2v) is 9.89. The largest absolute Gasteiger partial charge is 0.465 e. The third-order valence-electron chi connectivity index (χ3n) is 5.65. The Morgan fingerprint density at radius 3 is 2.68 bits per heavy atom. The summed E-state index contributed by atoms with van der Waals surface area (Å²) in [6.07, 6.45) is -0.446. The van der Waals surface area contributed by atoms with Gasteiger partial charge >= 0.3 is 12.1 Å². The van der Waals surface area contributed by atoms with E-state index in [9.17, 15) is 18.0 Å². The number of nitrogens with zero attached hydrogens (tertiary/aromatic N) is 2. The van der Waals surface area contributed by atoms with E-state index >= 15 is 0 Å². The van der Waals surface area contributed by atoms with Crippen LogP contribution in [0, 0.1) is 0 Å². The minimum Gasteiger partial charge on any atom is -0.465 e. The first-order valence-corrected chi connectivity index (χ1v) is 12.8. The molecule has 4 rings (SSSR count). The molecule has 0 aliphatic rings. The Bertz CT molecular complexity index is 1330. The zero-order valence-corrected chi connectivity index (χ0v) is 20.5. The molecule has 2 aromatic heterocycles. The summed E-state index contributed by atoms with van der Waals surface area (Å²) in [7, 11) is 1.30. The number of alkyl halides is 3. The Morgan fingerprint density at radius 1 is 1.21 bits per heavy atom. The lowest BCUT2D eigenvalue weighted by Crippen LogP contribution is -2.12. The summed E-state index contributed by atoms with van der Waals surface area (Å²) in [5, 5.41) is 0.760. The van der Waals surface area contributed by atoms with Crippen LogP contribution in [0.25, 0.3) is 16.0 Å². The number of imidazole rings is 1. The highest BCUT2D eigenvalue weighted by atomic mass is 32.2. The number of hydrogen-bond donors (Lipinski definition) is 0. The van der Waals surface area contributed by atoms with Crippen LogP contribution in [0.5, 0.6) is 0 Å². The van der Waals surface area contributed by atoms with Crippen molar-refractivity contribution in [3.05, 3.63) is 82.0 Å². The van der Waals surface area contributed by atoms with Gasteiger partial charge in [0.1, 0.15) is 16.2 Å². The Hall–Kier alpha value is -2.78. The highest BCUT2D eigenvalue weighted by molar-refractivity contribution is 7.97. The SMILES string of the molecule is COC(=O)c1sc(-n2cnc3ccc(CSC)cc32)cc1CC(C)c1ccccc1C(F)(F)F. The molecule has 4 nitrogen and oxygen atoms in total. The summed E-state index contributed by atoms with van der Waals surface area (Å²) in [5.74, 6) is -0.105. The van der Waals surface area contributed by atoms with E-state index in [0.717, 1.165) is 33.4 Å². The minimum absolute atomic E-state index is 0.202. The zero-order chi connectivity index (χ0) is 24.5. The third-order valence-corrected chi connectivity index (χ3v) is 7.43. The minimum atomic E-state index is -4.44. The van der Waals surface area contributed by atoms with Crippen molar-refractivity contribution in [1.29, 1.82) is 0 Å². The highest BCUT2D eigenvalue weighted by Gasteiger charge is 2.34. The predicted octanol–water partition coefficient (Wildman–Crippen LogP) is 7.10. The molecule has 0 radical (unpaired) electrons. The van der Waals surface area contributed by atoms with Crippen LogP contribution in [-0.4, -0.2) is 28.9 Å². The van der Waals surface area contributed by atoms with Gasteiger partial charge in [-0.3, -0.25) is 4.57 Å². The number of methoxy groups -OCH3 is 1. The number of thiophene rings is 1. The van der Waals surface area contributed by atoms with E-state index in [1.165, 1.54) is 30.6 Å². The van der Waals surface area contributed by atoms with Crippen molar-refractivity contribution in [3.8, 4) is 5.00 Å². The van der Waals surface area contributed by atoms with Gasteiger partial charge in [0.2, 0.25) is 0 Å². The van der Waals surface area contributed by atoms with E-state index in [0.29, 0.717) is 10.4 Å². The number of esters is 1. The summed E-state index contributed by atoms with van der Waals surface area (Å²) in [5.41, 5.74) is 3.09. The standard InChI is InChI=1S/C25H23F3N2O2S2/c1-15(18-6-4-5-7-19(18)25(26,27)28)10-17-12-22(34-23(17)24(31)32-2)30-14-29-20-9-8-16(13-33-3)11-21(20)30/h4-9,11-12,14-15H,10,13H2,1-3H3. The fourth-order valence-electron chi connectivity index (χ4n) is 4.06. The summed E-state index contributed by atoms with van der Waals surface area (Å²) < 4.78 is 47.5. The van der Waals surface area contributed by atoms with Crippen LogP contribution >= 0.6 is 23.1 Å². The Balaban J connectivity index is 1.75. The van der Waals surface area contributed by atoms with Gasteiger partial charge in [-0.05, 0) is 59.6 Å². The highest BCUT2D eigenvalue weighted by Crippen LogP contribution is 2.38. The van der Waals surface area contributed by atoms with Crippen LogP contribution in [0.3, 0.4) is 0 Å². The van der Waals surface area contributed by atoms with Crippen LogP contribution < -0.4 is 0 Å². The lowest BCUT2D eigenvalue weighted by Gasteiger charge is -2.18. The molecule has 34 heavy (non-hydrogen) atoms. The third kappa shape index (κ3) is 4.86. The maximum absolute atomic E-state index is 13.6. The average Bonchev–Trinajstić information content (AvgIpc) is 3.42. The molecule has 0 saturated heterocycles. The van der Waals surface area contributed by atoms with Gasteiger partial charge in [-0.25, -0.2) is 9.78 Å². The molecule has 0 aliphatic carbocycles. The van der Waals surface area contributed by atoms with Crippen molar-refractivity contribution in [2.45, 2.75) is 31.2 Å². The van der Waals surface area contributed by atoms with Crippen LogP contribution in [0.4, 0.5) is 13.2 Å². The van der Waals surface area contributed by atoms with Gasteiger partial charge in [0.05, 0.1) is 23.7 Å². The summed E-state index contributed by atoms with van der Waals surface area (Å²) in [4.78, 5) is 17.4. The molecule has 2 aromatic carbocycles. The van der Waals surface area contributed by atoms with Crippen LogP contribution in [-0.2, 0) is 23.1 Å². The summed E-state index contributed by atoms with van der Waals surface area (Å²) in [6, 6.07) is 13.5. The quantitative estimate of drug-likeness (QED) is 0.252. The fraction of sp³-hybridized carbons (Fsp3) is 0.280. The van der Waals surface area contributed by atoms with Crippen LogP contribution in [0.2, 0.25) is 0 Å². The maximum atomic E-state index is 13.6. The van der Waals surface area contributed by atoms with Gasteiger partial charge in [-0.1, -0.05) is 31.2 Å². The van der Waals surface area contributed by atoms with Gasteiger partial charge in [0.15, 0.2) is 0 Å². The number of hydrogen-bond acceptors (Lipinski definition) is 5. The van der Waals surface area contributed by atoms with Crippen molar-refractivity contribution in [2.24, 2.45) is 0 Å². The molecule has 0 amide bonds. The summed E-state index contributed by atoms with van der Waals surface area (Å²) >= 11 is 2.97. The number of halogens is 3. The number of ether oxygens (including phenoxy) is 1. The zero-order valence-electron chi connectivity index (χ0n) is 18.8. The number of thioether (sulfide) groups is 1. The van der Waals surface area contributed by atoms with Gasteiger partial charge in [-0.2, -0.15) is 24.9 Å². The molecule has 1 unspecified atom stereocenters. The molecule has 0 bridgehead atoms. The normalized spacial score (nSPS) is 12.8. The molecular formula is C25H23F3N2O2S2. The first-order valence-electron chi connectivity index (χ1n) is 10.5. The lowest BCUT2D eigenvalue weighted by atomic mass is 9.90. The monoisotopic (exact) mass is 504 g/mol. The van der Waals surface area contributed by atoms with E-state index in [1.807, 2.05) is 29.0 Å². The van der Waals surface area contributed by atoms with Crippen molar-refractivity contribution in [3.63, 3.8) is 0 Å². The molecule has 0 spiro atoms. The fourth-order valence-corrected chi connectivity index (χ4v) is 5.67. The molecular weight excluding hydrogens is 481 g/mol. The lowest BCUT2D eigenvalue weighted by molar-refractivity contribution is -0.138. The van der Waals surface area contributed by atoms with E-state index < -0.39 is 23.6 Å². The number of benzene rings is 2. The number of carbonyl (C=O) groups excluding carboxylic acids is 1. The maximum Gasteiger partial charge on any atom is 0.416 e. The second kappa shape index (κ2) is 9.84. The second-order valence-electron chi connectivity index (χ2n) is 7.99. The smallest absolute Gasteiger partial charge is 0.416 e. The van der Waals surface area contributed by atoms with Crippen LogP contribution in [0.15, 0.2) is 54.9 Å². The van der Waals surface area contributed by atoms with Crippen molar-refractivity contribution in [2.75, 3.05) is 13.4 Å². The van der Waals surface area contributed by atoms with E-state index in [1.54, 1.807) is 31.1 Å². The molecule has 0 N–H and O–H groups in total. The first kappa shape index (κ1) is 24.3. The molecule has 1 atom stereocenters. The van der Waals surface area contributed by atoms with E-state index in [-0.39, 0.29) is 12.0 Å². The molecule has 0 saturated carbocycles. The Labute approximate surface area is 203 Å². The average molecular weight is 505 g/mol. The number of aromatic nitrogens is 2. The van der Waals surface area contributed by atoms with Gasteiger partial charge < -0.3 is 4.74 Å². The van der Waals surface area contributed by atoms with Gasteiger partial charge in [-0.15, -0.1) is 11.3 Å². The molecule has 0 aliphatic heterocycles. The topological polar surface area (TPSA) is 44.1 Å². The molecule has 178 valence electrons. The predicted molar refractivity (Wildman–Crippen MR) is 131 cm³/mol. The number of carbonyl (C=O) groups is 1. The first-order chi connectivity index (χ1) is 16.2. The van der Waals surface area contributed by atoms with E-state index in [4.69, 9.17) is 4.74 Å². The van der Waals surface area contributed by atoms with Gasteiger partial charge in [0.25, 0.3) is 0 Å². The molecule has 2 heterocycles. The van der Waals surface area contributed by atoms with Gasteiger partial charge in [0, 0.05) is 5.75 Å². The number of rotatable bonds is 7.